The zero-order valence-electron chi connectivity index (χ0n) is 6.40. The highest BCUT2D eigenvalue weighted by molar-refractivity contribution is 6.08. The van der Waals surface area contributed by atoms with Crippen molar-refractivity contribution in [3.8, 4) is 0 Å². The molecule has 1 atom stereocenters. The molecule has 0 saturated carbocycles. The molecule has 2 radical (unpaired) electrons. The van der Waals surface area contributed by atoms with Crippen LogP contribution in [-0.2, 0) is 9.47 Å². The molecule has 11 heavy (non-hydrogen) atoms. The van der Waals surface area contributed by atoms with Crippen molar-refractivity contribution in [3.63, 3.8) is 0 Å². The van der Waals surface area contributed by atoms with Gasteiger partial charge in [0.05, 0.1) is 26.4 Å². The van der Waals surface area contributed by atoms with E-state index in [1.165, 1.54) is 0 Å². The van der Waals surface area contributed by atoms with Crippen LogP contribution in [0.4, 0.5) is 0 Å². The average molecular weight is 160 g/mol. The van der Waals surface area contributed by atoms with E-state index < -0.39 is 0 Å². The molecule has 1 unspecified atom stereocenters. The largest absolute Gasteiger partial charge is 0.394 e. The fourth-order valence-corrected chi connectivity index (χ4v) is 0.569. The van der Waals surface area contributed by atoms with Gasteiger partial charge in [0.2, 0.25) is 0 Å². The molecule has 0 aliphatic rings. The number of hydrogen-bond donors (Lipinski definition) is 2. The molecule has 0 amide bonds. The number of ether oxygens (including phenoxy) is 2. The minimum absolute atomic E-state index is 0.0270. The first-order chi connectivity index (χ1) is 5.35. The molecular weight excluding hydrogens is 147 g/mol. The van der Waals surface area contributed by atoms with Crippen molar-refractivity contribution in [2.24, 2.45) is 0 Å². The van der Waals surface area contributed by atoms with Gasteiger partial charge in [0.1, 0.15) is 14.0 Å². The van der Waals surface area contributed by atoms with Crippen molar-refractivity contribution in [2.45, 2.75) is 6.10 Å². The topological polar surface area (TPSA) is 58.9 Å². The molecule has 0 aromatic rings. The summed E-state index contributed by atoms with van der Waals surface area (Å²) in [5.41, 5.74) is 0. The van der Waals surface area contributed by atoms with Gasteiger partial charge in [-0.1, -0.05) is 0 Å². The summed E-state index contributed by atoms with van der Waals surface area (Å²) < 4.78 is 9.76. The summed E-state index contributed by atoms with van der Waals surface area (Å²) in [6.07, 6.45) is -0.383. The van der Waals surface area contributed by atoms with Crippen molar-refractivity contribution < 1.29 is 19.7 Å². The van der Waals surface area contributed by atoms with Gasteiger partial charge in [0.25, 0.3) is 0 Å². The Bertz CT molecular complexity index is 81.0. The second kappa shape index (κ2) is 8.01. The Labute approximate surface area is 67.5 Å². The molecule has 0 aromatic heterocycles. The van der Waals surface area contributed by atoms with Crippen LogP contribution in [0, 0.1) is 0 Å². The maximum absolute atomic E-state index is 8.63. The van der Waals surface area contributed by atoms with Crippen molar-refractivity contribution in [1.82, 2.24) is 0 Å². The second-order valence-electron chi connectivity index (χ2n) is 1.94. The van der Waals surface area contributed by atoms with Crippen molar-refractivity contribution in [3.05, 3.63) is 0 Å². The lowest BCUT2D eigenvalue weighted by Crippen LogP contribution is -2.25. The van der Waals surface area contributed by atoms with E-state index >= 15 is 0 Å². The SMILES string of the molecule is [B]COC(CO)COCCO. The van der Waals surface area contributed by atoms with Crippen LogP contribution in [0.25, 0.3) is 0 Å². The number of aliphatic hydroxyl groups is 2. The Hall–Kier alpha value is -0.0951. The van der Waals surface area contributed by atoms with Gasteiger partial charge in [-0.2, -0.15) is 0 Å². The van der Waals surface area contributed by atoms with E-state index in [1.54, 1.807) is 0 Å². The third kappa shape index (κ3) is 6.31. The predicted octanol–water partition coefficient (Wildman–Crippen LogP) is -1.50. The average Bonchev–Trinajstić information content (AvgIpc) is 2.03. The molecule has 0 spiro atoms. The van der Waals surface area contributed by atoms with E-state index in [9.17, 15) is 0 Å². The van der Waals surface area contributed by atoms with E-state index in [1.807, 2.05) is 0 Å². The van der Waals surface area contributed by atoms with Gasteiger partial charge >= 0.3 is 0 Å². The standard InChI is InChI=1S/C6H13BO4/c7-5-11-6(3-9)4-10-2-1-8/h6,8-9H,1-5H2. The molecular formula is C6H13BO4. The van der Waals surface area contributed by atoms with Crippen LogP contribution in [0.3, 0.4) is 0 Å². The van der Waals surface area contributed by atoms with Crippen LogP contribution in [0.2, 0.25) is 0 Å². The Morgan fingerprint density at radius 1 is 1.36 bits per heavy atom. The highest BCUT2D eigenvalue weighted by atomic mass is 16.5. The summed E-state index contributed by atoms with van der Waals surface area (Å²) >= 11 is 0. The smallest absolute Gasteiger partial charge is 0.104 e. The zero-order chi connectivity index (χ0) is 8.53. The van der Waals surface area contributed by atoms with E-state index in [4.69, 9.17) is 27.5 Å². The van der Waals surface area contributed by atoms with Crippen LogP contribution < -0.4 is 0 Å². The van der Waals surface area contributed by atoms with Gasteiger partial charge in [-0.3, -0.25) is 0 Å². The molecule has 0 heterocycles. The minimum atomic E-state index is -0.383. The van der Waals surface area contributed by atoms with Gasteiger partial charge in [-0.25, -0.2) is 0 Å². The van der Waals surface area contributed by atoms with Crippen LogP contribution in [0.1, 0.15) is 0 Å². The van der Waals surface area contributed by atoms with Crippen LogP contribution in [-0.4, -0.2) is 57.1 Å². The normalized spacial score (nSPS) is 13.3. The molecule has 4 nitrogen and oxygen atoms in total. The quantitative estimate of drug-likeness (QED) is 0.351. The van der Waals surface area contributed by atoms with Crippen molar-refractivity contribution >= 4 is 7.85 Å². The van der Waals surface area contributed by atoms with E-state index in [-0.39, 0.29) is 39.0 Å². The number of hydrogen-bond acceptors (Lipinski definition) is 4. The second-order valence-corrected chi connectivity index (χ2v) is 1.94. The van der Waals surface area contributed by atoms with Gasteiger partial charge < -0.3 is 19.7 Å². The third-order valence-electron chi connectivity index (χ3n) is 1.07. The fraction of sp³-hybridized carbons (Fsp3) is 1.00. The Morgan fingerprint density at radius 2 is 2.09 bits per heavy atom. The molecule has 0 bridgehead atoms. The molecule has 0 rings (SSSR count). The zero-order valence-corrected chi connectivity index (χ0v) is 6.40. The summed E-state index contributed by atoms with van der Waals surface area (Å²) in [6, 6.07) is 0. The summed E-state index contributed by atoms with van der Waals surface area (Å²) in [7, 11) is 5.07. The van der Waals surface area contributed by atoms with Crippen molar-refractivity contribution in [1.29, 1.82) is 0 Å². The van der Waals surface area contributed by atoms with Crippen LogP contribution >= 0.6 is 0 Å². The molecule has 0 saturated heterocycles. The third-order valence-corrected chi connectivity index (χ3v) is 1.07. The lowest BCUT2D eigenvalue weighted by Gasteiger charge is -2.13. The fourth-order valence-electron chi connectivity index (χ4n) is 0.569. The summed E-state index contributed by atoms with van der Waals surface area (Å²) in [6.45, 7) is 0.426. The van der Waals surface area contributed by atoms with Gasteiger partial charge in [-0.15, -0.1) is 0 Å². The van der Waals surface area contributed by atoms with Crippen LogP contribution in [0.5, 0.6) is 0 Å². The molecule has 5 heteroatoms. The molecule has 0 aliphatic carbocycles. The maximum Gasteiger partial charge on any atom is 0.104 e. The lowest BCUT2D eigenvalue weighted by molar-refractivity contribution is -0.0330. The first-order valence-electron chi connectivity index (χ1n) is 3.46. The summed E-state index contributed by atoms with van der Waals surface area (Å²) in [5, 5.41) is 17.0. The molecule has 2 N–H and O–H groups in total. The van der Waals surface area contributed by atoms with Gasteiger partial charge in [0.15, 0.2) is 0 Å². The number of aliphatic hydroxyl groups excluding tert-OH is 2. The first kappa shape index (κ1) is 10.9. The predicted molar refractivity (Wildman–Crippen MR) is 40.5 cm³/mol. The van der Waals surface area contributed by atoms with Crippen LogP contribution in [0.15, 0.2) is 0 Å². The molecule has 64 valence electrons. The minimum Gasteiger partial charge on any atom is -0.394 e. The van der Waals surface area contributed by atoms with Gasteiger partial charge in [0, 0.05) is 6.51 Å². The monoisotopic (exact) mass is 160 g/mol. The summed E-state index contributed by atoms with van der Waals surface area (Å²) in [5.74, 6) is 0. The maximum atomic E-state index is 8.63. The molecule has 0 aromatic carbocycles. The lowest BCUT2D eigenvalue weighted by atomic mass is 10.2. The molecule has 0 aliphatic heterocycles. The first-order valence-corrected chi connectivity index (χ1v) is 3.46. The van der Waals surface area contributed by atoms with E-state index in [2.05, 4.69) is 0 Å². The van der Waals surface area contributed by atoms with Crippen molar-refractivity contribution in [2.75, 3.05) is 32.9 Å². The highest BCUT2D eigenvalue weighted by Gasteiger charge is 2.05. The van der Waals surface area contributed by atoms with E-state index in [0.717, 1.165) is 0 Å². The Kier molecular flexibility index (Phi) is 7.94. The summed E-state index contributed by atoms with van der Waals surface area (Å²) in [4.78, 5) is 0. The van der Waals surface area contributed by atoms with Gasteiger partial charge in [-0.05, 0) is 0 Å². The highest BCUT2D eigenvalue weighted by Crippen LogP contribution is 1.90. The van der Waals surface area contributed by atoms with E-state index in [0.29, 0.717) is 0 Å². The number of rotatable bonds is 7. The molecule has 0 fully saturated rings. The Balaban J connectivity index is 3.20. The Morgan fingerprint density at radius 3 is 2.55 bits per heavy atom.